The maximum Gasteiger partial charge on any atom is 0.243 e. The average molecular weight is 419 g/mol. The summed E-state index contributed by atoms with van der Waals surface area (Å²) >= 11 is 0. The molecule has 162 valence electrons. The van der Waals surface area contributed by atoms with Crippen molar-refractivity contribution in [2.24, 2.45) is 5.92 Å². The standard InChI is InChI=1S/C26H30N2O3/c1-30-23-10-5-3-8-19(23)12-13-22-16-21-18-27(17-20-9-4-6-11-24(20)31-2)25(29)26(21)14-7-15-28(22)26/h3-6,8-13,21-22H,7,14-18H2,1-2H3/t21-,22+,26-/m0/s1. The molecule has 2 aromatic carbocycles. The summed E-state index contributed by atoms with van der Waals surface area (Å²) in [4.78, 5) is 18.3. The largest absolute Gasteiger partial charge is 0.496 e. The van der Waals surface area contributed by atoms with Crippen LogP contribution in [0.3, 0.4) is 0 Å². The monoisotopic (exact) mass is 418 g/mol. The van der Waals surface area contributed by atoms with Gasteiger partial charge in [0.2, 0.25) is 5.91 Å². The van der Waals surface area contributed by atoms with E-state index in [2.05, 4.69) is 34.1 Å². The highest BCUT2D eigenvalue weighted by Crippen LogP contribution is 2.52. The van der Waals surface area contributed by atoms with Crippen molar-refractivity contribution in [1.29, 1.82) is 0 Å². The molecule has 3 heterocycles. The summed E-state index contributed by atoms with van der Waals surface area (Å²) in [5.74, 6) is 2.41. The summed E-state index contributed by atoms with van der Waals surface area (Å²) in [5.41, 5.74) is 1.84. The smallest absolute Gasteiger partial charge is 0.243 e. The van der Waals surface area contributed by atoms with Gasteiger partial charge in [-0.2, -0.15) is 0 Å². The summed E-state index contributed by atoms with van der Waals surface area (Å²) in [5, 5.41) is 0. The number of likely N-dealkylation sites (tertiary alicyclic amines) is 1. The van der Waals surface area contributed by atoms with Gasteiger partial charge >= 0.3 is 0 Å². The second-order valence-corrected chi connectivity index (χ2v) is 8.82. The van der Waals surface area contributed by atoms with E-state index in [0.717, 1.165) is 55.0 Å². The predicted octanol–water partition coefficient (Wildman–Crippen LogP) is 3.98. The van der Waals surface area contributed by atoms with Crippen molar-refractivity contribution >= 4 is 12.0 Å². The summed E-state index contributed by atoms with van der Waals surface area (Å²) in [6.45, 7) is 2.44. The van der Waals surface area contributed by atoms with Crippen LogP contribution < -0.4 is 9.47 Å². The molecule has 0 saturated carbocycles. The van der Waals surface area contributed by atoms with Gasteiger partial charge in [0, 0.05) is 36.2 Å². The molecule has 1 amide bonds. The molecule has 3 saturated heterocycles. The van der Waals surface area contributed by atoms with Gasteiger partial charge in [-0.15, -0.1) is 0 Å². The van der Waals surface area contributed by atoms with Crippen molar-refractivity contribution in [2.45, 2.75) is 37.4 Å². The minimum Gasteiger partial charge on any atom is -0.496 e. The molecule has 3 fully saturated rings. The lowest BCUT2D eigenvalue weighted by Gasteiger charge is -2.32. The molecule has 3 aliphatic rings. The van der Waals surface area contributed by atoms with Gasteiger partial charge < -0.3 is 14.4 Å². The first-order chi connectivity index (χ1) is 15.2. The highest BCUT2D eigenvalue weighted by atomic mass is 16.5. The Bertz CT molecular complexity index is 1000. The molecule has 0 aliphatic carbocycles. The molecule has 5 nitrogen and oxygen atoms in total. The molecular formula is C26H30N2O3. The van der Waals surface area contributed by atoms with E-state index in [0.29, 0.717) is 24.4 Å². The molecule has 3 aliphatic heterocycles. The second kappa shape index (κ2) is 8.04. The van der Waals surface area contributed by atoms with E-state index < -0.39 is 0 Å². The van der Waals surface area contributed by atoms with Crippen LogP contribution in [0.25, 0.3) is 6.08 Å². The van der Waals surface area contributed by atoms with Crippen molar-refractivity contribution in [3.63, 3.8) is 0 Å². The minimum atomic E-state index is -0.322. The van der Waals surface area contributed by atoms with E-state index >= 15 is 0 Å². The minimum absolute atomic E-state index is 0.300. The predicted molar refractivity (Wildman–Crippen MR) is 121 cm³/mol. The van der Waals surface area contributed by atoms with E-state index in [4.69, 9.17) is 9.47 Å². The van der Waals surface area contributed by atoms with E-state index in [1.165, 1.54) is 0 Å². The van der Waals surface area contributed by atoms with Gasteiger partial charge in [-0.1, -0.05) is 48.6 Å². The van der Waals surface area contributed by atoms with Crippen molar-refractivity contribution in [1.82, 2.24) is 9.80 Å². The number of methoxy groups -OCH3 is 2. The first-order valence-electron chi connectivity index (χ1n) is 11.2. The fourth-order valence-corrected chi connectivity index (χ4v) is 6.01. The molecule has 31 heavy (non-hydrogen) atoms. The molecule has 2 aromatic rings. The number of nitrogens with zero attached hydrogens (tertiary/aromatic N) is 2. The second-order valence-electron chi connectivity index (χ2n) is 8.82. The molecule has 3 atom stereocenters. The van der Waals surface area contributed by atoms with Gasteiger partial charge in [0.25, 0.3) is 0 Å². The Hall–Kier alpha value is -2.79. The van der Waals surface area contributed by atoms with E-state index in [9.17, 15) is 4.79 Å². The maximum absolute atomic E-state index is 13.7. The number of carbonyl (C=O) groups excluding carboxylic acids is 1. The van der Waals surface area contributed by atoms with Crippen LogP contribution >= 0.6 is 0 Å². The molecule has 0 aromatic heterocycles. The molecule has 0 bridgehead atoms. The van der Waals surface area contributed by atoms with Gasteiger partial charge in [-0.25, -0.2) is 0 Å². The Balaban J connectivity index is 1.36. The first kappa shape index (κ1) is 20.1. The summed E-state index contributed by atoms with van der Waals surface area (Å²) in [7, 11) is 3.40. The quantitative estimate of drug-likeness (QED) is 0.712. The fraction of sp³-hybridized carbons (Fsp3) is 0.423. The number of hydrogen-bond donors (Lipinski definition) is 0. The highest BCUT2D eigenvalue weighted by molar-refractivity contribution is 5.90. The normalized spacial score (nSPS) is 27.7. The summed E-state index contributed by atoms with van der Waals surface area (Å²) in [6, 6.07) is 16.4. The molecule has 0 radical (unpaired) electrons. The molecule has 0 unspecified atom stereocenters. The Morgan fingerprint density at radius 1 is 1.06 bits per heavy atom. The molecule has 5 rings (SSSR count). The van der Waals surface area contributed by atoms with Crippen LogP contribution in [0, 0.1) is 5.92 Å². The van der Waals surface area contributed by atoms with Crippen LogP contribution in [0.5, 0.6) is 11.5 Å². The van der Waals surface area contributed by atoms with Crippen molar-refractivity contribution < 1.29 is 14.3 Å². The number of hydrogen-bond acceptors (Lipinski definition) is 4. The zero-order chi connectivity index (χ0) is 21.4. The van der Waals surface area contributed by atoms with E-state index in [-0.39, 0.29) is 5.54 Å². The van der Waals surface area contributed by atoms with E-state index in [1.807, 2.05) is 36.4 Å². The average Bonchev–Trinajstić information content (AvgIpc) is 3.43. The number of carbonyl (C=O) groups is 1. The van der Waals surface area contributed by atoms with Gasteiger partial charge in [-0.05, 0) is 37.9 Å². The molecule has 0 N–H and O–H groups in total. The third-order valence-corrected chi connectivity index (χ3v) is 7.36. The molecule has 1 spiro atoms. The van der Waals surface area contributed by atoms with Crippen LogP contribution in [0.1, 0.15) is 30.4 Å². The van der Waals surface area contributed by atoms with Crippen LogP contribution in [-0.2, 0) is 11.3 Å². The Kier molecular flexibility index (Phi) is 5.22. The zero-order valence-corrected chi connectivity index (χ0v) is 18.3. The number of para-hydroxylation sites is 2. The summed E-state index contributed by atoms with van der Waals surface area (Å²) < 4.78 is 11.0. The maximum atomic E-state index is 13.7. The SMILES string of the molecule is COc1ccccc1C=C[C@@H]1C[C@H]2CN(Cc3ccccc3OC)C(=O)[C@]23CCCN13. The van der Waals surface area contributed by atoms with Gasteiger partial charge in [0.05, 0.1) is 14.2 Å². The van der Waals surface area contributed by atoms with Crippen molar-refractivity contribution in [2.75, 3.05) is 27.3 Å². The Morgan fingerprint density at radius 3 is 2.61 bits per heavy atom. The van der Waals surface area contributed by atoms with Crippen LogP contribution in [0.4, 0.5) is 0 Å². The Labute approximate surface area is 184 Å². The van der Waals surface area contributed by atoms with Crippen molar-refractivity contribution in [3.8, 4) is 11.5 Å². The van der Waals surface area contributed by atoms with Gasteiger partial charge in [-0.3, -0.25) is 9.69 Å². The third-order valence-electron chi connectivity index (χ3n) is 7.36. The first-order valence-corrected chi connectivity index (χ1v) is 11.2. The lowest BCUT2D eigenvalue weighted by atomic mass is 9.85. The topological polar surface area (TPSA) is 42.0 Å². The number of ether oxygens (including phenoxy) is 2. The zero-order valence-electron chi connectivity index (χ0n) is 18.3. The number of rotatable bonds is 6. The molecule has 5 heteroatoms. The van der Waals surface area contributed by atoms with Gasteiger partial charge in [0.1, 0.15) is 17.0 Å². The third kappa shape index (κ3) is 3.23. The lowest BCUT2D eigenvalue weighted by Crippen LogP contribution is -2.50. The van der Waals surface area contributed by atoms with Crippen LogP contribution in [0.2, 0.25) is 0 Å². The van der Waals surface area contributed by atoms with Crippen LogP contribution in [-0.4, -0.2) is 54.6 Å². The highest BCUT2D eigenvalue weighted by Gasteiger charge is 2.64. The van der Waals surface area contributed by atoms with Gasteiger partial charge in [0.15, 0.2) is 0 Å². The Morgan fingerprint density at radius 2 is 1.81 bits per heavy atom. The fourth-order valence-electron chi connectivity index (χ4n) is 6.01. The lowest BCUT2D eigenvalue weighted by molar-refractivity contribution is -0.137. The van der Waals surface area contributed by atoms with Crippen LogP contribution in [0.15, 0.2) is 54.6 Å². The van der Waals surface area contributed by atoms with Crippen molar-refractivity contribution in [3.05, 3.63) is 65.7 Å². The number of benzene rings is 2. The number of amides is 1. The van der Waals surface area contributed by atoms with E-state index in [1.54, 1.807) is 14.2 Å². The summed E-state index contributed by atoms with van der Waals surface area (Å²) in [6.07, 6.45) is 7.52. The molecular weight excluding hydrogens is 388 g/mol.